The van der Waals surface area contributed by atoms with Gasteiger partial charge in [-0.2, -0.15) is 0 Å². The Hall–Kier alpha value is -0.120. The van der Waals surface area contributed by atoms with Crippen molar-refractivity contribution in [1.82, 2.24) is 4.90 Å². The number of nitrogens with two attached hydrogens (primary N) is 1. The molecule has 3 heteroatoms. The van der Waals surface area contributed by atoms with Gasteiger partial charge in [0.25, 0.3) is 0 Å². The van der Waals surface area contributed by atoms with E-state index in [4.69, 9.17) is 10.5 Å². The monoisotopic (exact) mass is 240 g/mol. The lowest BCUT2D eigenvalue weighted by Crippen LogP contribution is -2.59. The summed E-state index contributed by atoms with van der Waals surface area (Å²) in [7, 11) is 0. The standard InChI is InChI=1S/C14H28N2O/c1-4-13-8-14(10-15,5-6-17-13)16-9-11(2)7-12(16)3/h11-13H,4-10,15H2,1-3H3. The van der Waals surface area contributed by atoms with E-state index in [2.05, 4.69) is 25.7 Å². The third kappa shape index (κ3) is 2.51. The largest absolute Gasteiger partial charge is 0.378 e. The number of likely N-dealkylation sites (tertiary alicyclic amines) is 1. The molecule has 0 amide bonds. The van der Waals surface area contributed by atoms with Crippen LogP contribution in [0.15, 0.2) is 0 Å². The molecule has 4 unspecified atom stereocenters. The minimum absolute atomic E-state index is 0.211. The molecule has 2 heterocycles. The minimum atomic E-state index is 0.211. The lowest BCUT2D eigenvalue weighted by Gasteiger charge is -2.48. The van der Waals surface area contributed by atoms with Crippen molar-refractivity contribution in [2.24, 2.45) is 11.7 Å². The molecule has 2 rings (SSSR count). The van der Waals surface area contributed by atoms with Crippen LogP contribution in [0.2, 0.25) is 0 Å². The normalized spacial score (nSPS) is 44.1. The van der Waals surface area contributed by atoms with Crippen LogP contribution >= 0.6 is 0 Å². The first-order valence-electron chi connectivity index (χ1n) is 7.19. The van der Waals surface area contributed by atoms with Crippen LogP contribution in [0.4, 0.5) is 0 Å². The van der Waals surface area contributed by atoms with Gasteiger partial charge >= 0.3 is 0 Å². The number of ether oxygens (including phenoxy) is 1. The number of hydrogen-bond donors (Lipinski definition) is 1. The summed E-state index contributed by atoms with van der Waals surface area (Å²) < 4.78 is 5.82. The summed E-state index contributed by atoms with van der Waals surface area (Å²) in [5.41, 5.74) is 6.36. The van der Waals surface area contributed by atoms with E-state index >= 15 is 0 Å². The van der Waals surface area contributed by atoms with Gasteiger partial charge in [0, 0.05) is 31.3 Å². The summed E-state index contributed by atoms with van der Waals surface area (Å²) in [6.45, 7) is 9.81. The van der Waals surface area contributed by atoms with Crippen LogP contribution in [0, 0.1) is 5.92 Å². The maximum absolute atomic E-state index is 6.15. The van der Waals surface area contributed by atoms with Crippen LogP contribution < -0.4 is 5.73 Å². The summed E-state index contributed by atoms with van der Waals surface area (Å²) in [6.07, 6.45) is 5.07. The number of rotatable bonds is 3. The van der Waals surface area contributed by atoms with Crippen molar-refractivity contribution < 1.29 is 4.74 Å². The quantitative estimate of drug-likeness (QED) is 0.820. The number of hydrogen-bond acceptors (Lipinski definition) is 3. The first kappa shape index (κ1) is 13.3. The zero-order valence-electron chi connectivity index (χ0n) is 11.6. The van der Waals surface area contributed by atoms with Crippen molar-refractivity contribution in [3.63, 3.8) is 0 Å². The third-order valence-corrected chi connectivity index (χ3v) is 4.76. The maximum atomic E-state index is 6.15. The van der Waals surface area contributed by atoms with E-state index in [1.807, 2.05) is 0 Å². The SMILES string of the molecule is CCC1CC(CN)(N2CC(C)CC2C)CCO1. The minimum Gasteiger partial charge on any atom is -0.378 e. The second-order valence-corrected chi connectivity index (χ2v) is 6.13. The van der Waals surface area contributed by atoms with E-state index in [-0.39, 0.29) is 5.54 Å². The highest BCUT2D eigenvalue weighted by atomic mass is 16.5. The van der Waals surface area contributed by atoms with Crippen LogP contribution in [-0.2, 0) is 4.74 Å². The Kier molecular flexibility index (Phi) is 4.11. The molecule has 2 aliphatic heterocycles. The van der Waals surface area contributed by atoms with Crippen LogP contribution in [0.1, 0.15) is 46.5 Å². The maximum Gasteiger partial charge on any atom is 0.0590 e. The molecule has 2 fully saturated rings. The Balaban J connectivity index is 2.13. The zero-order chi connectivity index (χ0) is 12.5. The van der Waals surface area contributed by atoms with Gasteiger partial charge < -0.3 is 10.5 Å². The van der Waals surface area contributed by atoms with Gasteiger partial charge in [0.15, 0.2) is 0 Å². The lowest BCUT2D eigenvalue weighted by atomic mass is 9.83. The van der Waals surface area contributed by atoms with Gasteiger partial charge in [-0.15, -0.1) is 0 Å². The molecule has 0 bridgehead atoms. The van der Waals surface area contributed by atoms with Crippen LogP contribution in [0.3, 0.4) is 0 Å². The fourth-order valence-electron chi connectivity index (χ4n) is 3.79. The van der Waals surface area contributed by atoms with Crippen molar-refractivity contribution in [1.29, 1.82) is 0 Å². The van der Waals surface area contributed by atoms with E-state index in [1.165, 1.54) is 13.0 Å². The van der Waals surface area contributed by atoms with Gasteiger partial charge in [0.05, 0.1) is 6.10 Å². The molecule has 0 aromatic carbocycles. The van der Waals surface area contributed by atoms with Crippen molar-refractivity contribution in [3.8, 4) is 0 Å². The topological polar surface area (TPSA) is 38.5 Å². The van der Waals surface area contributed by atoms with Crippen LogP contribution in [-0.4, -0.2) is 42.3 Å². The summed E-state index contributed by atoms with van der Waals surface area (Å²) in [5.74, 6) is 0.816. The summed E-state index contributed by atoms with van der Waals surface area (Å²) in [5, 5.41) is 0. The van der Waals surface area contributed by atoms with E-state index in [0.717, 1.165) is 38.3 Å². The van der Waals surface area contributed by atoms with Gasteiger partial charge in [-0.05, 0) is 38.5 Å². The molecule has 100 valence electrons. The fourth-order valence-corrected chi connectivity index (χ4v) is 3.79. The molecule has 2 N–H and O–H groups in total. The summed E-state index contributed by atoms with van der Waals surface area (Å²) in [4.78, 5) is 2.68. The highest BCUT2D eigenvalue weighted by Gasteiger charge is 2.45. The predicted molar refractivity (Wildman–Crippen MR) is 71.0 cm³/mol. The van der Waals surface area contributed by atoms with Crippen molar-refractivity contribution >= 4 is 0 Å². The summed E-state index contributed by atoms with van der Waals surface area (Å²) in [6, 6.07) is 0.684. The lowest BCUT2D eigenvalue weighted by molar-refractivity contribution is -0.0748. The Morgan fingerprint density at radius 3 is 2.71 bits per heavy atom. The van der Waals surface area contributed by atoms with E-state index in [0.29, 0.717) is 12.1 Å². The zero-order valence-corrected chi connectivity index (χ0v) is 11.6. The first-order chi connectivity index (χ1) is 8.11. The molecule has 0 radical (unpaired) electrons. The van der Waals surface area contributed by atoms with Gasteiger partial charge in [0.2, 0.25) is 0 Å². The van der Waals surface area contributed by atoms with E-state index in [9.17, 15) is 0 Å². The first-order valence-corrected chi connectivity index (χ1v) is 7.19. The molecular weight excluding hydrogens is 212 g/mol. The number of nitrogens with zero attached hydrogens (tertiary/aromatic N) is 1. The van der Waals surface area contributed by atoms with Gasteiger partial charge in [-0.1, -0.05) is 13.8 Å². The molecule has 0 aliphatic carbocycles. The van der Waals surface area contributed by atoms with E-state index in [1.54, 1.807) is 0 Å². The molecule has 4 atom stereocenters. The molecule has 3 nitrogen and oxygen atoms in total. The predicted octanol–water partition coefficient (Wildman–Crippen LogP) is 2.00. The average Bonchev–Trinajstić information content (AvgIpc) is 2.69. The molecule has 2 saturated heterocycles. The highest BCUT2D eigenvalue weighted by Crippen LogP contribution is 2.37. The van der Waals surface area contributed by atoms with Crippen LogP contribution in [0.25, 0.3) is 0 Å². The molecular formula is C14H28N2O. The second-order valence-electron chi connectivity index (χ2n) is 6.13. The Morgan fingerprint density at radius 2 is 2.18 bits per heavy atom. The average molecular weight is 240 g/mol. The van der Waals surface area contributed by atoms with Gasteiger partial charge in [0.1, 0.15) is 0 Å². The van der Waals surface area contributed by atoms with Crippen molar-refractivity contribution in [2.45, 2.75) is 64.1 Å². The molecule has 0 spiro atoms. The van der Waals surface area contributed by atoms with Gasteiger partial charge in [-0.25, -0.2) is 0 Å². The second kappa shape index (κ2) is 5.25. The van der Waals surface area contributed by atoms with Gasteiger partial charge in [-0.3, -0.25) is 4.90 Å². The fraction of sp³-hybridized carbons (Fsp3) is 1.00. The van der Waals surface area contributed by atoms with Crippen LogP contribution in [0.5, 0.6) is 0 Å². The highest BCUT2D eigenvalue weighted by molar-refractivity contribution is 5.00. The smallest absolute Gasteiger partial charge is 0.0590 e. The molecule has 0 saturated carbocycles. The van der Waals surface area contributed by atoms with E-state index < -0.39 is 0 Å². The Morgan fingerprint density at radius 1 is 1.41 bits per heavy atom. The molecule has 0 aromatic heterocycles. The molecule has 17 heavy (non-hydrogen) atoms. The van der Waals surface area contributed by atoms with Crippen molar-refractivity contribution in [3.05, 3.63) is 0 Å². The molecule has 0 aromatic rings. The Labute approximate surface area is 106 Å². The molecule has 2 aliphatic rings. The van der Waals surface area contributed by atoms with Crippen molar-refractivity contribution in [2.75, 3.05) is 19.7 Å². The third-order valence-electron chi connectivity index (χ3n) is 4.76. The Bertz CT molecular complexity index is 259. The summed E-state index contributed by atoms with van der Waals surface area (Å²) >= 11 is 0.